The van der Waals surface area contributed by atoms with E-state index in [4.69, 9.17) is 0 Å². The predicted molar refractivity (Wildman–Crippen MR) is 118 cm³/mol. The maximum absolute atomic E-state index is 13.8. The van der Waals surface area contributed by atoms with Crippen LogP contribution in [-0.4, -0.2) is 16.8 Å². The predicted octanol–water partition coefficient (Wildman–Crippen LogP) is 4.75. The lowest BCUT2D eigenvalue weighted by Gasteiger charge is -2.50. The van der Waals surface area contributed by atoms with Crippen LogP contribution in [0.1, 0.15) is 17.7 Å². The first-order chi connectivity index (χ1) is 14.6. The topological polar surface area (TPSA) is 65.2 Å². The average molecular weight is 395 g/mol. The summed E-state index contributed by atoms with van der Waals surface area (Å²) in [6, 6.07) is 26.6. The molecule has 0 radical (unpaired) electrons. The van der Waals surface area contributed by atoms with Gasteiger partial charge in [-0.1, -0.05) is 54.6 Å². The van der Waals surface area contributed by atoms with Gasteiger partial charge in [-0.15, -0.1) is 0 Å². The molecule has 5 rings (SSSR count). The van der Waals surface area contributed by atoms with Crippen LogP contribution in [0.3, 0.4) is 0 Å². The molecule has 1 fully saturated rings. The molecular formula is C25H21N3O2. The van der Waals surface area contributed by atoms with Gasteiger partial charge in [-0.25, -0.2) is 0 Å². The molecule has 0 saturated carbocycles. The quantitative estimate of drug-likeness (QED) is 0.490. The number of β-lactam (4-membered cyclic amide) rings is 1. The van der Waals surface area contributed by atoms with E-state index in [9.17, 15) is 9.59 Å². The van der Waals surface area contributed by atoms with Crippen LogP contribution in [0.2, 0.25) is 0 Å². The van der Waals surface area contributed by atoms with Crippen molar-refractivity contribution in [3.8, 4) is 0 Å². The number of nitrogens with zero attached hydrogens (tertiary/aromatic N) is 1. The van der Waals surface area contributed by atoms with Crippen molar-refractivity contribution in [1.82, 2.24) is 4.98 Å². The number of rotatable bonds is 4. The van der Waals surface area contributed by atoms with E-state index in [1.54, 1.807) is 4.90 Å². The van der Waals surface area contributed by atoms with E-state index in [-0.39, 0.29) is 18.2 Å². The van der Waals surface area contributed by atoms with E-state index in [1.165, 1.54) is 0 Å². The second-order valence-electron chi connectivity index (χ2n) is 7.59. The zero-order valence-corrected chi connectivity index (χ0v) is 16.6. The van der Waals surface area contributed by atoms with Gasteiger partial charge in [0.1, 0.15) is 0 Å². The molecule has 1 aliphatic heterocycles. The molecule has 4 aromatic rings. The number of fused-ring (bicyclic) bond motifs is 1. The normalized spacial score (nSPS) is 18.3. The minimum absolute atomic E-state index is 0.0749. The van der Waals surface area contributed by atoms with Crippen molar-refractivity contribution < 1.29 is 9.59 Å². The Morgan fingerprint density at radius 2 is 1.57 bits per heavy atom. The summed E-state index contributed by atoms with van der Waals surface area (Å²) in [7, 11) is 0. The largest absolute Gasteiger partial charge is 0.358 e. The van der Waals surface area contributed by atoms with Crippen LogP contribution < -0.4 is 10.2 Å². The summed E-state index contributed by atoms with van der Waals surface area (Å²) in [5.41, 5.74) is 2.96. The molecule has 30 heavy (non-hydrogen) atoms. The first-order valence-corrected chi connectivity index (χ1v) is 9.93. The molecule has 0 bridgehead atoms. The molecule has 0 aliphatic carbocycles. The summed E-state index contributed by atoms with van der Waals surface area (Å²) in [6.07, 6.45) is 0.114. The molecular weight excluding hydrogens is 374 g/mol. The smallest absolute Gasteiger partial charge is 0.256 e. The Kier molecular flexibility index (Phi) is 4.17. The Morgan fingerprint density at radius 3 is 2.27 bits per heavy atom. The molecule has 1 atom stereocenters. The summed E-state index contributed by atoms with van der Waals surface area (Å²) in [6.45, 7) is 1.96. The van der Waals surface area contributed by atoms with Crippen molar-refractivity contribution >= 4 is 34.1 Å². The number of benzene rings is 3. The number of aromatic nitrogens is 1. The third-order valence-electron chi connectivity index (χ3n) is 5.77. The lowest BCUT2D eigenvalue weighted by atomic mass is 9.74. The summed E-state index contributed by atoms with van der Waals surface area (Å²) in [4.78, 5) is 31.7. The van der Waals surface area contributed by atoms with Gasteiger partial charge < -0.3 is 10.3 Å². The zero-order chi connectivity index (χ0) is 20.7. The van der Waals surface area contributed by atoms with E-state index < -0.39 is 5.54 Å². The molecule has 1 aliphatic rings. The number of para-hydroxylation sites is 3. The molecule has 5 nitrogen and oxygen atoms in total. The third kappa shape index (κ3) is 2.63. The number of amides is 2. The van der Waals surface area contributed by atoms with Crippen molar-refractivity contribution in [2.75, 3.05) is 10.2 Å². The van der Waals surface area contributed by atoms with Gasteiger partial charge in [0.15, 0.2) is 5.54 Å². The average Bonchev–Trinajstić information content (AvgIpc) is 3.09. The fourth-order valence-electron chi connectivity index (χ4n) is 4.50. The zero-order valence-electron chi connectivity index (χ0n) is 16.6. The Morgan fingerprint density at radius 1 is 0.933 bits per heavy atom. The molecule has 148 valence electrons. The van der Waals surface area contributed by atoms with Crippen LogP contribution in [0.15, 0.2) is 84.9 Å². The van der Waals surface area contributed by atoms with Crippen molar-refractivity contribution in [3.63, 3.8) is 0 Å². The number of H-pyrrole nitrogens is 1. The second kappa shape index (κ2) is 6.88. The standard InChI is InChI=1S/C25H21N3O2/c1-17-23(20-14-8-9-15-21(20)26-17)25(24(30)27-18-10-4-2-5-11-18)16-22(29)28(25)19-12-6-3-7-13-19/h2-15,26H,16H2,1H3,(H,27,30). The number of anilines is 2. The van der Waals surface area contributed by atoms with Gasteiger partial charge >= 0.3 is 0 Å². The Labute approximate surface area is 174 Å². The molecule has 1 saturated heterocycles. The van der Waals surface area contributed by atoms with Gasteiger partial charge in [-0.05, 0) is 37.3 Å². The fourth-order valence-corrected chi connectivity index (χ4v) is 4.50. The van der Waals surface area contributed by atoms with Gasteiger partial charge in [0.05, 0.1) is 6.42 Å². The summed E-state index contributed by atoms with van der Waals surface area (Å²) in [5.74, 6) is -0.293. The van der Waals surface area contributed by atoms with Gasteiger partial charge in [-0.2, -0.15) is 0 Å². The van der Waals surface area contributed by atoms with E-state index in [1.807, 2.05) is 91.9 Å². The number of nitrogens with one attached hydrogen (secondary N) is 2. The third-order valence-corrected chi connectivity index (χ3v) is 5.77. The molecule has 1 unspecified atom stereocenters. The highest BCUT2D eigenvalue weighted by molar-refractivity contribution is 6.18. The first kappa shape index (κ1) is 18.2. The van der Waals surface area contributed by atoms with Crippen LogP contribution in [-0.2, 0) is 15.1 Å². The number of aromatic amines is 1. The molecule has 0 spiro atoms. The van der Waals surface area contributed by atoms with Gasteiger partial charge in [0.2, 0.25) is 5.91 Å². The number of carbonyl (C=O) groups is 2. The highest BCUT2D eigenvalue weighted by Crippen LogP contribution is 2.49. The number of hydrogen-bond acceptors (Lipinski definition) is 2. The van der Waals surface area contributed by atoms with Crippen LogP contribution >= 0.6 is 0 Å². The second-order valence-corrected chi connectivity index (χ2v) is 7.59. The number of aryl methyl sites for hydroxylation is 1. The molecule has 1 aromatic heterocycles. The van der Waals surface area contributed by atoms with Crippen LogP contribution in [0.25, 0.3) is 10.9 Å². The van der Waals surface area contributed by atoms with Gasteiger partial charge in [0.25, 0.3) is 5.91 Å². The molecule has 2 heterocycles. The summed E-state index contributed by atoms with van der Waals surface area (Å²) in [5, 5.41) is 3.99. The van der Waals surface area contributed by atoms with E-state index >= 15 is 0 Å². The Balaban J connectivity index is 1.71. The molecule has 2 N–H and O–H groups in total. The van der Waals surface area contributed by atoms with Crippen molar-refractivity contribution in [3.05, 3.63) is 96.2 Å². The SMILES string of the molecule is Cc1[nH]c2ccccc2c1C1(C(=O)Nc2ccccc2)CC(=O)N1c1ccccc1. The summed E-state index contributed by atoms with van der Waals surface area (Å²) >= 11 is 0. The minimum atomic E-state index is -1.13. The number of hydrogen-bond donors (Lipinski definition) is 2. The van der Waals surface area contributed by atoms with E-state index in [0.717, 1.165) is 22.2 Å². The highest BCUT2D eigenvalue weighted by Gasteiger charge is 2.60. The molecule has 2 amide bonds. The number of carbonyl (C=O) groups excluding carboxylic acids is 2. The lowest BCUT2D eigenvalue weighted by Crippen LogP contribution is -2.67. The monoisotopic (exact) mass is 395 g/mol. The van der Waals surface area contributed by atoms with Crippen LogP contribution in [0, 0.1) is 6.92 Å². The maximum Gasteiger partial charge on any atom is 0.256 e. The van der Waals surface area contributed by atoms with Crippen LogP contribution in [0.4, 0.5) is 11.4 Å². The lowest BCUT2D eigenvalue weighted by molar-refractivity contribution is -0.137. The van der Waals surface area contributed by atoms with Crippen molar-refractivity contribution in [2.24, 2.45) is 0 Å². The van der Waals surface area contributed by atoms with E-state index in [0.29, 0.717) is 11.4 Å². The van der Waals surface area contributed by atoms with Gasteiger partial charge in [-0.3, -0.25) is 14.5 Å². The molecule has 5 heteroatoms. The Bertz CT molecular complexity index is 1250. The Hall–Kier alpha value is -3.86. The van der Waals surface area contributed by atoms with E-state index in [2.05, 4.69) is 10.3 Å². The fraction of sp³-hybridized carbons (Fsp3) is 0.120. The highest BCUT2D eigenvalue weighted by atomic mass is 16.2. The first-order valence-electron chi connectivity index (χ1n) is 9.93. The maximum atomic E-state index is 13.8. The minimum Gasteiger partial charge on any atom is -0.358 e. The van der Waals surface area contributed by atoms with Crippen molar-refractivity contribution in [2.45, 2.75) is 18.9 Å². The van der Waals surface area contributed by atoms with Gasteiger partial charge in [0, 0.05) is 33.5 Å². The van der Waals surface area contributed by atoms with Crippen LogP contribution in [0.5, 0.6) is 0 Å². The molecule has 3 aromatic carbocycles. The summed E-state index contributed by atoms with van der Waals surface area (Å²) < 4.78 is 0. The van der Waals surface area contributed by atoms with Crippen molar-refractivity contribution in [1.29, 1.82) is 0 Å².